The lowest BCUT2D eigenvalue weighted by Crippen LogP contribution is -2.23. The van der Waals surface area contributed by atoms with Gasteiger partial charge >= 0.3 is 0 Å². The van der Waals surface area contributed by atoms with Crippen LogP contribution in [0.2, 0.25) is 0 Å². The lowest BCUT2D eigenvalue weighted by atomic mass is 10.1. The highest BCUT2D eigenvalue weighted by Crippen LogP contribution is 2.24. The summed E-state index contributed by atoms with van der Waals surface area (Å²) in [4.78, 5) is 13.2. The van der Waals surface area contributed by atoms with Crippen LogP contribution in [-0.4, -0.2) is 37.8 Å². The maximum Gasteiger partial charge on any atom is 0.255 e. The number of nitrogens with zero attached hydrogens (tertiary/aromatic N) is 5. The Balaban J connectivity index is 1.32. The minimum absolute atomic E-state index is 0.195. The molecule has 0 saturated heterocycles. The normalized spacial score (nSPS) is 10.8. The fourth-order valence-electron chi connectivity index (χ4n) is 3.75. The van der Waals surface area contributed by atoms with Gasteiger partial charge in [-0.3, -0.25) is 4.79 Å². The van der Waals surface area contributed by atoms with Gasteiger partial charge in [0.15, 0.2) is 0 Å². The molecule has 2 heterocycles. The van der Waals surface area contributed by atoms with Gasteiger partial charge in [-0.2, -0.15) is 5.10 Å². The van der Waals surface area contributed by atoms with E-state index in [1.165, 1.54) is 12.1 Å². The van der Waals surface area contributed by atoms with E-state index in [1.54, 1.807) is 41.0 Å². The van der Waals surface area contributed by atoms with E-state index in [2.05, 4.69) is 20.7 Å². The van der Waals surface area contributed by atoms with Crippen molar-refractivity contribution in [3.05, 3.63) is 114 Å². The van der Waals surface area contributed by atoms with Crippen molar-refractivity contribution in [3.8, 4) is 22.7 Å². The van der Waals surface area contributed by atoms with Crippen molar-refractivity contribution in [3.63, 3.8) is 0 Å². The van der Waals surface area contributed by atoms with Crippen LogP contribution in [0.4, 0.5) is 4.39 Å². The number of hydrogen-bond donors (Lipinski definition) is 1. The Kier molecular flexibility index (Phi) is 6.53. The number of para-hydroxylation sites is 1. The Morgan fingerprint density at radius 2 is 1.72 bits per heavy atom. The number of benzene rings is 3. The monoisotopic (exact) mass is 482 g/mol. The number of hydrogen-bond acceptors (Lipinski definition) is 5. The molecule has 0 aliphatic carbocycles. The molecular formula is C27H23FN6O2. The molecule has 3 aromatic carbocycles. The zero-order chi connectivity index (χ0) is 24.9. The van der Waals surface area contributed by atoms with E-state index in [0.717, 1.165) is 17.0 Å². The third kappa shape index (κ3) is 5.15. The second-order valence-corrected chi connectivity index (χ2v) is 8.12. The maximum absolute atomic E-state index is 13.5. The molecule has 5 rings (SSSR count). The van der Waals surface area contributed by atoms with Gasteiger partial charge in [0.25, 0.3) is 5.91 Å². The number of ether oxygens (including phenoxy) is 1. The van der Waals surface area contributed by atoms with Gasteiger partial charge in [-0.25, -0.2) is 13.8 Å². The second kappa shape index (κ2) is 10.2. The van der Waals surface area contributed by atoms with Crippen LogP contribution in [0, 0.1) is 5.82 Å². The van der Waals surface area contributed by atoms with Gasteiger partial charge in [-0.15, -0.1) is 5.10 Å². The summed E-state index contributed by atoms with van der Waals surface area (Å²) < 4.78 is 22.0. The molecule has 0 spiro atoms. The third-order valence-electron chi connectivity index (χ3n) is 5.62. The maximum atomic E-state index is 13.5. The van der Waals surface area contributed by atoms with Gasteiger partial charge in [0.1, 0.15) is 23.0 Å². The van der Waals surface area contributed by atoms with Gasteiger partial charge < -0.3 is 10.1 Å². The van der Waals surface area contributed by atoms with E-state index in [-0.39, 0.29) is 18.3 Å². The topological polar surface area (TPSA) is 86.9 Å². The van der Waals surface area contributed by atoms with Gasteiger partial charge in [-0.05, 0) is 54.1 Å². The fourth-order valence-corrected chi connectivity index (χ4v) is 3.75. The lowest BCUT2D eigenvalue weighted by Gasteiger charge is -2.04. The predicted molar refractivity (Wildman–Crippen MR) is 132 cm³/mol. The molecule has 2 aromatic heterocycles. The molecule has 0 fully saturated rings. The van der Waals surface area contributed by atoms with Crippen molar-refractivity contribution in [1.29, 1.82) is 0 Å². The third-order valence-corrected chi connectivity index (χ3v) is 5.62. The van der Waals surface area contributed by atoms with Crippen molar-refractivity contribution in [2.24, 2.45) is 0 Å². The van der Waals surface area contributed by atoms with Crippen molar-refractivity contribution >= 4 is 5.91 Å². The van der Waals surface area contributed by atoms with E-state index >= 15 is 0 Å². The van der Waals surface area contributed by atoms with Crippen LogP contribution in [0.5, 0.6) is 5.75 Å². The van der Waals surface area contributed by atoms with Gasteiger partial charge in [-0.1, -0.05) is 35.5 Å². The highest BCUT2D eigenvalue weighted by Gasteiger charge is 2.19. The molecule has 180 valence electrons. The number of amides is 1. The molecule has 0 bridgehead atoms. The van der Waals surface area contributed by atoms with E-state index in [4.69, 9.17) is 4.74 Å². The van der Waals surface area contributed by atoms with Crippen LogP contribution < -0.4 is 10.1 Å². The van der Waals surface area contributed by atoms with E-state index in [9.17, 15) is 9.18 Å². The number of carbonyl (C=O) groups excluding carboxylic acids is 1. The number of halogens is 1. The quantitative estimate of drug-likeness (QED) is 0.357. The van der Waals surface area contributed by atoms with Gasteiger partial charge in [0.05, 0.1) is 37.6 Å². The van der Waals surface area contributed by atoms with Gasteiger partial charge in [0, 0.05) is 11.8 Å². The van der Waals surface area contributed by atoms with Crippen molar-refractivity contribution < 1.29 is 13.9 Å². The van der Waals surface area contributed by atoms with E-state index < -0.39 is 0 Å². The van der Waals surface area contributed by atoms with Crippen LogP contribution in [0.3, 0.4) is 0 Å². The molecule has 0 unspecified atom stereocenters. The number of methoxy groups -OCH3 is 1. The summed E-state index contributed by atoms with van der Waals surface area (Å²) >= 11 is 0. The standard InChI is InChI=1S/C27H23FN6O2/c1-36-24-13-7-19(8-14-24)16-33-17-22(30-32-33)15-29-27(35)25-18-34(23-5-3-2-4-6-23)31-26(25)20-9-11-21(28)12-10-20/h2-14,17-18H,15-16H2,1H3,(H,29,35). The molecular weight excluding hydrogens is 459 g/mol. The average Bonchev–Trinajstić information content (AvgIpc) is 3.56. The van der Waals surface area contributed by atoms with Crippen molar-refractivity contribution in [1.82, 2.24) is 30.1 Å². The van der Waals surface area contributed by atoms with Crippen LogP contribution >= 0.6 is 0 Å². The molecule has 0 radical (unpaired) electrons. The Labute approximate surface area is 207 Å². The molecule has 0 aliphatic rings. The summed E-state index contributed by atoms with van der Waals surface area (Å²) in [6, 6.07) is 23.1. The molecule has 9 heteroatoms. The average molecular weight is 483 g/mol. The lowest BCUT2D eigenvalue weighted by molar-refractivity contribution is 0.0951. The minimum Gasteiger partial charge on any atom is -0.497 e. The Morgan fingerprint density at radius 3 is 2.44 bits per heavy atom. The summed E-state index contributed by atoms with van der Waals surface area (Å²) in [5, 5.41) is 15.8. The smallest absolute Gasteiger partial charge is 0.255 e. The van der Waals surface area contributed by atoms with Crippen LogP contribution in [0.15, 0.2) is 91.3 Å². The summed E-state index contributed by atoms with van der Waals surface area (Å²) in [5.74, 6) is 0.113. The first-order valence-corrected chi connectivity index (χ1v) is 11.3. The van der Waals surface area contributed by atoms with Crippen LogP contribution in [0.1, 0.15) is 21.6 Å². The first-order chi connectivity index (χ1) is 17.6. The summed E-state index contributed by atoms with van der Waals surface area (Å²) in [7, 11) is 1.63. The van der Waals surface area contributed by atoms with E-state index in [1.807, 2.05) is 54.6 Å². The highest BCUT2D eigenvalue weighted by atomic mass is 19.1. The van der Waals surface area contributed by atoms with Crippen LogP contribution in [-0.2, 0) is 13.1 Å². The number of carbonyl (C=O) groups is 1. The highest BCUT2D eigenvalue weighted by molar-refractivity contribution is 5.99. The van der Waals surface area contributed by atoms with Crippen molar-refractivity contribution in [2.45, 2.75) is 13.1 Å². The van der Waals surface area contributed by atoms with Crippen molar-refractivity contribution in [2.75, 3.05) is 7.11 Å². The Bertz CT molecular complexity index is 1460. The number of rotatable bonds is 8. The molecule has 0 saturated carbocycles. The number of nitrogens with one attached hydrogen (secondary N) is 1. The predicted octanol–water partition coefficient (Wildman–Crippen LogP) is 4.26. The number of aromatic nitrogens is 5. The zero-order valence-electron chi connectivity index (χ0n) is 19.5. The molecule has 8 nitrogen and oxygen atoms in total. The molecule has 5 aromatic rings. The second-order valence-electron chi connectivity index (χ2n) is 8.12. The molecule has 0 aliphatic heterocycles. The Morgan fingerprint density at radius 1 is 0.972 bits per heavy atom. The summed E-state index contributed by atoms with van der Waals surface area (Å²) in [6.07, 6.45) is 3.46. The molecule has 1 amide bonds. The first kappa shape index (κ1) is 23.0. The van der Waals surface area contributed by atoms with E-state index in [0.29, 0.717) is 29.1 Å². The SMILES string of the molecule is COc1ccc(Cn2cc(CNC(=O)c3cn(-c4ccccc4)nc3-c3ccc(F)cc3)nn2)cc1. The summed E-state index contributed by atoms with van der Waals surface area (Å²) in [5.41, 5.74) is 3.95. The fraction of sp³-hybridized carbons (Fsp3) is 0.111. The minimum atomic E-state index is -0.357. The molecule has 36 heavy (non-hydrogen) atoms. The molecule has 1 N–H and O–H groups in total. The zero-order valence-corrected chi connectivity index (χ0v) is 19.5. The largest absolute Gasteiger partial charge is 0.497 e. The van der Waals surface area contributed by atoms with Gasteiger partial charge in [0.2, 0.25) is 0 Å². The first-order valence-electron chi connectivity index (χ1n) is 11.3. The summed E-state index contributed by atoms with van der Waals surface area (Å²) in [6.45, 7) is 0.740. The molecule has 0 atom stereocenters. The van der Waals surface area contributed by atoms with Crippen LogP contribution in [0.25, 0.3) is 16.9 Å². The Hall–Kier alpha value is -4.79.